The Kier molecular flexibility index (Phi) is 6.07. The molecule has 0 aliphatic heterocycles. The number of ether oxygens (including phenoxy) is 3. The lowest BCUT2D eigenvalue weighted by Crippen LogP contribution is -2.36. The second-order valence-corrected chi connectivity index (χ2v) is 5.52. The summed E-state index contributed by atoms with van der Waals surface area (Å²) < 4.78 is 16.2. The van der Waals surface area contributed by atoms with Crippen LogP contribution >= 0.6 is 0 Å². The monoisotopic (exact) mass is 329 g/mol. The highest BCUT2D eigenvalue weighted by atomic mass is 16.5. The highest BCUT2D eigenvalue weighted by molar-refractivity contribution is 5.95. The summed E-state index contributed by atoms with van der Waals surface area (Å²) in [5.74, 6) is 1.75. The van der Waals surface area contributed by atoms with Gasteiger partial charge in [-0.2, -0.15) is 0 Å². The number of hydrogen-bond acceptors (Lipinski definition) is 4. The highest BCUT2D eigenvalue weighted by Crippen LogP contribution is 2.27. The predicted molar refractivity (Wildman–Crippen MR) is 93.1 cm³/mol. The average molecular weight is 329 g/mol. The minimum Gasteiger partial charge on any atom is -0.493 e. The van der Waals surface area contributed by atoms with Crippen LogP contribution in [0.15, 0.2) is 42.5 Å². The molecule has 0 bridgehead atoms. The van der Waals surface area contributed by atoms with Crippen molar-refractivity contribution in [1.82, 2.24) is 5.32 Å². The molecule has 0 saturated carbocycles. The molecule has 1 N–H and O–H groups in total. The normalized spacial score (nSPS) is 11.5. The summed E-state index contributed by atoms with van der Waals surface area (Å²) in [6.07, 6.45) is 0. The molecule has 24 heavy (non-hydrogen) atoms. The average Bonchev–Trinajstić information content (AvgIpc) is 2.60. The number of rotatable bonds is 7. The van der Waals surface area contributed by atoms with Crippen molar-refractivity contribution in [3.8, 4) is 17.2 Å². The lowest BCUT2D eigenvalue weighted by molar-refractivity contribution is 0.0926. The fourth-order valence-electron chi connectivity index (χ4n) is 2.26. The van der Waals surface area contributed by atoms with Crippen LogP contribution in [0.1, 0.15) is 22.8 Å². The van der Waals surface area contributed by atoms with Gasteiger partial charge in [0.1, 0.15) is 12.4 Å². The van der Waals surface area contributed by atoms with Crippen LogP contribution in [0.5, 0.6) is 17.2 Å². The Morgan fingerprint density at radius 2 is 1.75 bits per heavy atom. The van der Waals surface area contributed by atoms with E-state index in [1.807, 2.05) is 38.1 Å². The van der Waals surface area contributed by atoms with Gasteiger partial charge in [0.15, 0.2) is 11.5 Å². The van der Waals surface area contributed by atoms with E-state index in [0.29, 0.717) is 23.7 Å². The molecule has 1 amide bonds. The van der Waals surface area contributed by atoms with E-state index >= 15 is 0 Å². The second kappa shape index (κ2) is 8.24. The number of benzene rings is 2. The third-order valence-corrected chi connectivity index (χ3v) is 3.61. The first-order valence-corrected chi connectivity index (χ1v) is 7.76. The largest absolute Gasteiger partial charge is 0.493 e. The summed E-state index contributed by atoms with van der Waals surface area (Å²) in [5.41, 5.74) is 1.58. The molecule has 5 heteroatoms. The smallest absolute Gasteiger partial charge is 0.251 e. The van der Waals surface area contributed by atoms with Crippen LogP contribution in [0, 0.1) is 6.92 Å². The van der Waals surface area contributed by atoms with Crippen molar-refractivity contribution < 1.29 is 19.0 Å². The molecular formula is C19H23NO4. The minimum atomic E-state index is -0.183. The Bertz CT molecular complexity index is 700. The summed E-state index contributed by atoms with van der Waals surface area (Å²) >= 11 is 0. The lowest BCUT2D eigenvalue weighted by atomic mass is 10.1. The van der Waals surface area contributed by atoms with Gasteiger partial charge in [0, 0.05) is 5.56 Å². The zero-order valence-corrected chi connectivity index (χ0v) is 14.5. The van der Waals surface area contributed by atoms with Gasteiger partial charge in [-0.05, 0) is 43.7 Å². The Morgan fingerprint density at radius 1 is 1.04 bits per heavy atom. The number of para-hydroxylation sites is 1. The van der Waals surface area contributed by atoms with Crippen LogP contribution in [0.2, 0.25) is 0 Å². The molecule has 128 valence electrons. The van der Waals surface area contributed by atoms with Gasteiger partial charge >= 0.3 is 0 Å². The molecule has 0 saturated heterocycles. The van der Waals surface area contributed by atoms with Gasteiger partial charge in [-0.3, -0.25) is 4.79 Å². The SMILES string of the molecule is COc1ccc(C(=O)N[C@@H](C)COc2ccccc2C)cc1OC. The summed E-state index contributed by atoms with van der Waals surface area (Å²) in [5, 5.41) is 2.91. The number of carbonyl (C=O) groups is 1. The molecule has 2 rings (SSSR count). The molecule has 0 heterocycles. The molecule has 2 aromatic rings. The van der Waals surface area contributed by atoms with E-state index in [-0.39, 0.29) is 11.9 Å². The fourth-order valence-corrected chi connectivity index (χ4v) is 2.26. The van der Waals surface area contributed by atoms with E-state index in [1.54, 1.807) is 25.3 Å². The van der Waals surface area contributed by atoms with Gasteiger partial charge in [-0.25, -0.2) is 0 Å². The number of aryl methyl sites for hydroxylation is 1. The van der Waals surface area contributed by atoms with E-state index in [2.05, 4.69) is 5.32 Å². The molecule has 2 aromatic carbocycles. The van der Waals surface area contributed by atoms with Crippen molar-refractivity contribution in [2.24, 2.45) is 0 Å². The number of carbonyl (C=O) groups excluding carboxylic acids is 1. The first-order valence-electron chi connectivity index (χ1n) is 7.76. The van der Waals surface area contributed by atoms with Crippen molar-refractivity contribution in [2.45, 2.75) is 19.9 Å². The Balaban J connectivity index is 1.95. The molecule has 0 aliphatic carbocycles. The van der Waals surface area contributed by atoms with Crippen LogP contribution in [-0.4, -0.2) is 32.8 Å². The first kappa shape index (κ1) is 17.7. The molecule has 1 atom stereocenters. The van der Waals surface area contributed by atoms with Crippen molar-refractivity contribution in [3.63, 3.8) is 0 Å². The van der Waals surface area contributed by atoms with Crippen LogP contribution in [0.25, 0.3) is 0 Å². The molecule has 0 unspecified atom stereocenters. The van der Waals surface area contributed by atoms with Crippen LogP contribution in [0.3, 0.4) is 0 Å². The Hall–Kier alpha value is -2.69. The van der Waals surface area contributed by atoms with Gasteiger partial charge in [0.25, 0.3) is 5.91 Å². The summed E-state index contributed by atoms with van der Waals surface area (Å²) in [7, 11) is 3.10. The third-order valence-electron chi connectivity index (χ3n) is 3.61. The number of methoxy groups -OCH3 is 2. The van der Waals surface area contributed by atoms with Crippen LogP contribution < -0.4 is 19.5 Å². The van der Waals surface area contributed by atoms with E-state index in [0.717, 1.165) is 11.3 Å². The van der Waals surface area contributed by atoms with Crippen molar-refractivity contribution in [3.05, 3.63) is 53.6 Å². The van der Waals surface area contributed by atoms with Crippen LogP contribution in [0.4, 0.5) is 0 Å². The van der Waals surface area contributed by atoms with Crippen molar-refractivity contribution in [1.29, 1.82) is 0 Å². The van der Waals surface area contributed by atoms with Gasteiger partial charge in [0.2, 0.25) is 0 Å². The zero-order chi connectivity index (χ0) is 17.5. The lowest BCUT2D eigenvalue weighted by Gasteiger charge is -2.16. The van der Waals surface area contributed by atoms with Gasteiger partial charge in [-0.1, -0.05) is 18.2 Å². The van der Waals surface area contributed by atoms with E-state index in [9.17, 15) is 4.79 Å². The van der Waals surface area contributed by atoms with E-state index in [1.165, 1.54) is 7.11 Å². The van der Waals surface area contributed by atoms with E-state index in [4.69, 9.17) is 14.2 Å². The predicted octanol–water partition coefficient (Wildman–Crippen LogP) is 3.21. The standard InChI is InChI=1S/C19H23NO4/c1-13-7-5-6-8-16(13)24-12-14(2)20-19(21)15-9-10-17(22-3)18(11-15)23-4/h5-11,14H,12H2,1-4H3,(H,20,21)/t14-/m0/s1. The molecule has 0 radical (unpaired) electrons. The maximum atomic E-state index is 12.3. The Morgan fingerprint density at radius 3 is 2.42 bits per heavy atom. The molecule has 5 nitrogen and oxygen atoms in total. The maximum absolute atomic E-state index is 12.3. The molecule has 0 fully saturated rings. The second-order valence-electron chi connectivity index (χ2n) is 5.52. The highest BCUT2D eigenvalue weighted by Gasteiger charge is 2.13. The number of amides is 1. The topological polar surface area (TPSA) is 56.8 Å². The van der Waals surface area contributed by atoms with Gasteiger partial charge in [-0.15, -0.1) is 0 Å². The zero-order valence-electron chi connectivity index (χ0n) is 14.5. The minimum absolute atomic E-state index is 0.134. The number of hydrogen-bond donors (Lipinski definition) is 1. The summed E-state index contributed by atoms with van der Waals surface area (Å²) in [6.45, 7) is 4.28. The maximum Gasteiger partial charge on any atom is 0.251 e. The molecule has 0 aliphatic rings. The first-order chi connectivity index (χ1) is 11.5. The summed E-state index contributed by atoms with van der Waals surface area (Å²) in [4.78, 5) is 12.3. The summed E-state index contributed by atoms with van der Waals surface area (Å²) in [6, 6.07) is 12.7. The third kappa shape index (κ3) is 4.41. The quantitative estimate of drug-likeness (QED) is 0.847. The van der Waals surface area contributed by atoms with Gasteiger partial charge in [0.05, 0.1) is 20.3 Å². The molecule has 0 aromatic heterocycles. The molecular weight excluding hydrogens is 306 g/mol. The fraction of sp³-hybridized carbons (Fsp3) is 0.316. The molecule has 0 spiro atoms. The van der Waals surface area contributed by atoms with Crippen molar-refractivity contribution >= 4 is 5.91 Å². The van der Waals surface area contributed by atoms with Crippen LogP contribution in [-0.2, 0) is 0 Å². The Labute approximate surface area is 142 Å². The number of nitrogens with one attached hydrogen (secondary N) is 1. The van der Waals surface area contributed by atoms with Gasteiger partial charge < -0.3 is 19.5 Å². The van der Waals surface area contributed by atoms with Crippen molar-refractivity contribution in [2.75, 3.05) is 20.8 Å². The van der Waals surface area contributed by atoms with E-state index < -0.39 is 0 Å².